The molecule has 0 unspecified atom stereocenters. The molecule has 1 heterocycles. The molecular weight excluding hydrogens is 292 g/mol. The van der Waals surface area contributed by atoms with Gasteiger partial charge in [-0.2, -0.15) is 0 Å². The van der Waals surface area contributed by atoms with E-state index in [0.717, 1.165) is 25.5 Å². The maximum absolute atomic E-state index is 12.5. The Balaban J connectivity index is 2.60. The molecule has 1 fully saturated rings. The van der Waals surface area contributed by atoms with Crippen molar-refractivity contribution < 1.29 is 17.9 Å². The van der Waals surface area contributed by atoms with E-state index in [0.29, 0.717) is 19.1 Å². The smallest absolute Gasteiger partial charge is 0.251 e. The first-order valence-corrected chi connectivity index (χ1v) is 9.46. The van der Waals surface area contributed by atoms with E-state index in [1.54, 1.807) is 11.8 Å². The summed E-state index contributed by atoms with van der Waals surface area (Å²) in [6.07, 6.45) is 3.45. The van der Waals surface area contributed by atoms with Crippen molar-refractivity contribution in [2.75, 3.05) is 26.0 Å². The predicted octanol–water partition coefficient (Wildman–Crippen LogP) is 0.978. The van der Waals surface area contributed by atoms with Gasteiger partial charge in [-0.25, -0.2) is 13.1 Å². The van der Waals surface area contributed by atoms with Crippen LogP contribution >= 0.6 is 0 Å². The van der Waals surface area contributed by atoms with E-state index >= 15 is 0 Å². The van der Waals surface area contributed by atoms with E-state index in [4.69, 9.17) is 4.74 Å². The zero-order chi connectivity index (χ0) is 16.0. The molecular formula is C14H28N2O4S. The van der Waals surface area contributed by atoms with Gasteiger partial charge in [0, 0.05) is 25.7 Å². The van der Waals surface area contributed by atoms with Gasteiger partial charge in [0.25, 0.3) is 5.91 Å². The van der Waals surface area contributed by atoms with Crippen LogP contribution in [0.25, 0.3) is 0 Å². The molecule has 0 saturated carbocycles. The lowest BCUT2D eigenvalue weighted by atomic mass is 10.0. The lowest BCUT2D eigenvalue weighted by Crippen LogP contribution is -2.52. The molecule has 0 spiro atoms. The van der Waals surface area contributed by atoms with Gasteiger partial charge < -0.3 is 9.64 Å². The van der Waals surface area contributed by atoms with Gasteiger partial charge in [0.15, 0.2) is 0 Å². The summed E-state index contributed by atoms with van der Waals surface area (Å²) in [5.74, 6) is 0.333. The largest absolute Gasteiger partial charge is 0.368 e. The van der Waals surface area contributed by atoms with E-state index < -0.39 is 16.1 Å². The number of amides is 1. The Hall–Kier alpha value is -0.660. The van der Waals surface area contributed by atoms with Gasteiger partial charge in [0.1, 0.15) is 6.10 Å². The molecule has 0 radical (unpaired) electrons. The highest BCUT2D eigenvalue weighted by molar-refractivity contribution is 7.88. The summed E-state index contributed by atoms with van der Waals surface area (Å²) in [5, 5.41) is 0. The van der Waals surface area contributed by atoms with Crippen LogP contribution < -0.4 is 4.72 Å². The molecule has 1 N–H and O–H groups in total. The number of likely N-dealkylation sites (tertiary alicyclic amines) is 1. The van der Waals surface area contributed by atoms with Gasteiger partial charge >= 0.3 is 0 Å². The third-order valence-electron chi connectivity index (χ3n) is 3.52. The Morgan fingerprint density at radius 2 is 2.00 bits per heavy atom. The van der Waals surface area contributed by atoms with Crippen LogP contribution in [0.4, 0.5) is 0 Å². The minimum Gasteiger partial charge on any atom is -0.368 e. The molecule has 6 nitrogen and oxygen atoms in total. The highest BCUT2D eigenvalue weighted by Crippen LogP contribution is 2.18. The Morgan fingerprint density at radius 3 is 2.57 bits per heavy atom. The Labute approximate surface area is 128 Å². The molecule has 1 aliphatic rings. The summed E-state index contributed by atoms with van der Waals surface area (Å²) >= 11 is 0. The Kier molecular flexibility index (Phi) is 7.09. The second-order valence-electron chi connectivity index (χ2n) is 6.17. The summed E-state index contributed by atoms with van der Waals surface area (Å²) in [5.41, 5.74) is 0. The Bertz CT molecular complexity index is 436. The number of piperidine rings is 1. The van der Waals surface area contributed by atoms with Crippen LogP contribution in [0.3, 0.4) is 0 Å². The SMILES string of the molecule is CC(C)CO[C@H](C)C(=O)N1CCCC[C@H]1CNS(C)(=O)=O. The van der Waals surface area contributed by atoms with E-state index in [9.17, 15) is 13.2 Å². The number of nitrogens with one attached hydrogen (secondary N) is 1. The van der Waals surface area contributed by atoms with Crippen molar-refractivity contribution in [3.8, 4) is 0 Å². The van der Waals surface area contributed by atoms with Gasteiger partial charge in [0.2, 0.25) is 10.0 Å². The highest BCUT2D eigenvalue weighted by Gasteiger charge is 2.30. The van der Waals surface area contributed by atoms with Gasteiger partial charge in [-0.05, 0) is 32.1 Å². The molecule has 1 rings (SSSR count). The molecule has 7 heteroatoms. The van der Waals surface area contributed by atoms with Crippen molar-refractivity contribution in [1.29, 1.82) is 0 Å². The number of ether oxygens (including phenoxy) is 1. The van der Waals surface area contributed by atoms with Crippen LogP contribution in [0.15, 0.2) is 0 Å². The molecule has 2 atom stereocenters. The molecule has 21 heavy (non-hydrogen) atoms. The van der Waals surface area contributed by atoms with Crippen LogP contribution in [-0.4, -0.2) is 57.3 Å². The van der Waals surface area contributed by atoms with Crippen molar-refractivity contribution >= 4 is 15.9 Å². The van der Waals surface area contributed by atoms with Crippen molar-refractivity contribution in [1.82, 2.24) is 9.62 Å². The molecule has 1 aliphatic heterocycles. The van der Waals surface area contributed by atoms with Crippen LogP contribution in [0, 0.1) is 5.92 Å². The molecule has 0 bridgehead atoms. The van der Waals surface area contributed by atoms with Crippen molar-refractivity contribution in [3.63, 3.8) is 0 Å². The first kappa shape index (κ1) is 18.4. The summed E-state index contributed by atoms with van der Waals surface area (Å²) in [6, 6.07) is -0.0777. The van der Waals surface area contributed by atoms with Crippen molar-refractivity contribution in [2.24, 2.45) is 5.92 Å². The third-order valence-corrected chi connectivity index (χ3v) is 4.21. The summed E-state index contributed by atoms with van der Waals surface area (Å²) in [4.78, 5) is 14.2. The quantitative estimate of drug-likeness (QED) is 0.758. The highest BCUT2D eigenvalue weighted by atomic mass is 32.2. The average Bonchev–Trinajstić information content (AvgIpc) is 2.41. The first-order chi connectivity index (χ1) is 9.70. The number of rotatable bonds is 7. The summed E-state index contributed by atoms with van der Waals surface area (Å²) < 4.78 is 30.5. The van der Waals surface area contributed by atoms with Gasteiger partial charge in [-0.3, -0.25) is 4.79 Å². The number of nitrogens with zero attached hydrogens (tertiary/aromatic N) is 1. The van der Waals surface area contributed by atoms with E-state index in [1.807, 2.05) is 13.8 Å². The number of sulfonamides is 1. The second-order valence-corrected chi connectivity index (χ2v) is 8.00. The maximum Gasteiger partial charge on any atom is 0.251 e. The van der Waals surface area contributed by atoms with Gasteiger partial charge in [-0.15, -0.1) is 0 Å². The lowest BCUT2D eigenvalue weighted by Gasteiger charge is -2.37. The standard InChI is InChI=1S/C14H28N2O4S/c1-11(2)10-20-12(3)14(17)16-8-6-5-7-13(16)9-15-21(4,18)19/h11-13,15H,5-10H2,1-4H3/t12-,13+/m1/s1. The minimum absolute atomic E-state index is 0.0457. The number of carbonyl (C=O) groups excluding carboxylic acids is 1. The summed E-state index contributed by atoms with van der Waals surface area (Å²) in [7, 11) is -3.23. The van der Waals surface area contributed by atoms with Crippen LogP contribution in [0.2, 0.25) is 0 Å². The summed E-state index contributed by atoms with van der Waals surface area (Å²) in [6.45, 7) is 7.34. The normalized spacial score (nSPS) is 21.6. The van der Waals surface area contributed by atoms with Crippen LogP contribution in [-0.2, 0) is 19.6 Å². The number of carbonyl (C=O) groups is 1. The maximum atomic E-state index is 12.5. The van der Waals surface area contributed by atoms with Crippen molar-refractivity contribution in [3.05, 3.63) is 0 Å². The zero-order valence-electron chi connectivity index (χ0n) is 13.5. The fraction of sp³-hybridized carbons (Fsp3) is 0.929. The number of hydrogen-bond donors (Lipinski definition) is 1. The fourth-order valence-corrected chi connectivity index (χ4v) is 2.89. The molecule has 0 aliphatic carbocycles. The second kappa shape index (κ2) is 8.10. The fourth-order valence-electron chi connectivity index (χ4n) is 2.39. The van der Waals surface area contributed by atoms with Crippen LogP contribution in [0.1, 0.15) is 40.0 Å². The minimum atomic E-state index is -3.23. The zero-order valence-corrected chi connectivity index (χ0v) is 14.3. The lowest BCUT2D eigenvalue weighted by molar-refractivity contribution is -0.146. The number of hydrogen-bond acceptors (Lipinski definition) is 4. The van der Waals surface area contributed by atoms with E-state index in [2.05, 4.69) is 4.72 Å². The predicted molar refractivity (Wildman–Crippen MR) is 82.5 cm³/mol. The third kappa shape index (κ3) is 6.76. The molecule has 0 aromatic heterocycles. The van der Waals surface area contributed by atoms with E-state index in [1.165, 1.54) is 0 Å². The topological polar surface area (TPSA) is 75.7 Å². The van der Waals surface area contributed by atoms with Gasteiger partial charge in [-0.1, -0.05) is 13.8 Å². The van der Waals surface area contributed by atoms with Crippen LogP contribution in [0.5, 0.6) is 0 Å². The molecule has 1 saturated heterocycles. The van der Waals surface area contributed by atoms with Crippen molar-refractivity contribution in [2.45, 2.75) is 52.2 Å². The molecule has 0 aromatic carbocycles. The van der Waals surface area contributed by atoms with E-state index in [-0.39, 0.29) is 18.5 Å². The Morgan fingerprint density at radius 1 is 1.33 bits per heavy atom. The van der Waals surface area contributed by atoms with Gasteiger partial charge in [0.05, 0.1) is 6.26 Å². The average molecular weight is 320 g/mol. The molecule has 0 aromatic rings. The monoisotopic (exact) mass is 320 g/mol. The molecule has 1 amide bonds. The first-order valence-electron chi connectivity index (χ1n) is 7.57. The molecule has 124 valence electrons.